The highest BCUT2D eigenvalue weighted by Crippen LogP contribution is 2.28. The Bertz CT molecular complexity index is 551. The molecule has 20 heavy (non-hydrogen) atoms. The normalized spacial score (nSPS) is 10.3. The average molecular weight is 290 g/mol. The maximum atomic E-state index is 6.06. The van der Waals surface area contributed by atoms with Crippen LogP contribution in [0, 0.1) is 6.92 Å². The van der Waals surface area contributed by atoms with Gasteiger partial charge in [-0.05, 0) is 37.1 Å². The van der Waals surface area contributed by atoms with Gasteiger partial charge in [0.2, 0.25) is 0 Å². The van der Waals surface area contributed by atoms with Crippen LogP contribution in [-0.4, -0.2) is 6.61 Å². The fourth-order valence-electron chi connectivity index (χ4n) is 1.88. The number of hydrogen-bond acceptors (Lipinski definition) is 2. The molecule has 2 aromatic rings. The molecule has 0 aliphatic carbocycles. The molecular formula is C17H20ClNO. The molecule has 0 fully saturated rings. The van der Waals surface area contributed by atoms with Gasteiger partial charge < -0.3 is 10.1 Å². The predicted molar refractivity (Wildman–Crippen MR) is 85.7 cm³/mol. The fourth-order valence-corrected chi connectivity index (χ4v) is 2.05. The first kappa shape index (κ1) is 14.7. The van der Waals surface area contributed by atoms with Gasteiger partial charge >= 0.3 is 0 Å². The van der Waals surface area contributed by atoms with E-state index in [2.05, 4.69) is 43.4 Å². The molecule has 0 aromatic heterocycles. The predicted octanol–water partition coefficient (Wildman–Crippen LogP) is 5.05. The summed E-state index contributed by atoms with van der Waals surface area (Å²) in [5, 5.41) is 4.10. The molecule has 1 N–H and O–H groups in total. The molecule has 3 heteroatoms. The van der Waals surface area contributed by atoms with Gasteiger partial charge in [0, 0.05) is 11.6 Å². The standard InChI is InChI=1S/C17H20ClNO/c1-3-10-20-17-9-8-15(18)11-16(17)19-12-14-6-4-13(2)5-7-14/h4-9,11,19H,3,10,12H2,1-2H3. The third kappa shape index (κ3) is 4.17. The van der Waals surface area contributed by atoms with Crippen LogP contribution in [0.4, 0.5) is 5.69 Å². The maximum Gasteiger partial charge on any atom is 0.142 e. The summed E-state index contributed by atoms with van der Waals surface area (Å²) < 4.78 is 5.73. The van der Waals surface area contributed by atoms with Gasteiger partial charge in [-0.1, -0.05) is 48.4 Å². The minimum Gasteiger partial charge on any atom is -0.491 e. The Kier molecular flexibility index (Phi) is 5.31. The van der Waals surface area contributed by atoms with Gasteiger partial charge in [0.15, 0.2) is 0 Å². The number of anilines is 1. The molecule has 0 spiro atoms. The number of ether oxygens (including phenoxy) is 1. The van der Waals surface area contributed by atoms with Crippen LogP contribution < -0.4 is 10.1 Å². The van der Waals surface area contributed by atoms with Gasteiger partial charge in [0.05, 0.1) is 12.3 Å². The number of nitrogens with one attached hydrogen (secondary N) is 1. The molecule has 106 valence electrons. The quantitative estimate of drug-likeness (QED) is 0.803. The average Bonchev–Trinajstić information content (AvgIpc) is 2.46. The van der Waals surface area contributed by atoms with Crippen LogP contribution in [0.5, 0.6) is 5.75 Å². The highest BCUT2D eigenvalue weighted by molar-refractivity contribution is 6.30. The molecule has 0 amide bonds. The minimum absolute atomic E-state index is 0.709. The SMILES string of the molecule is CCCOc1ccc(Cl)cc1NCc1ccc(C)cc1. The number of aryl methyl sites for hydroxylation is 1. The van der Waals surface area contributed by atoms with Crippen LogP contribution in [0.25, 0.3) is 0 Å². The van der Waals surface area contributed by atoms with Crippen molar-refractivity contribution in [3.05, 3.63) is 58.6 Å². The third-order valence-electron chi connectivity index (χ3n) is 3.01. The van der Waals surface area contributed by atoms with Gasteiger partial charge in [-0.3, -0.25) is 0 Å². The molecule has 0 saturated heterocycles. The van der Waals surface area contributed by atoms with Crippen molar-refractivity contribution in [2.75, 3.05) is 11.9 Å². The van der Waals surface area contributed by atoms with E-state index in [9.17, 15) is 0 Å². The monoisotopic (exact) mass is 289 g/mol. The van der Waals surface area contributed by atoms with E-state index < -0.39 is 0 Å². The highest BCUT2D eigenvalue weighted by atomic mass is 35.5. The number of halogens is 1. The summed E-state index contributed by atoms with van der Waals surface area (Å²) in [4.78, 5) is 0. The van der Waals surface area contributed by atoms with E-state index in [0.29, 0.717) is 11.6 Å². The summed E-state index contributed by atoms with van der Waals surface area (Å²) in [6.45, 7) is 5.64. The van der Waals surface area contributed by atoms with Crippen molar-refractivity contribution in [3.8, 4) is 5.75 Å². The van der Waals surface area contributed by atoms with E-state index in [4.69, 9.17) is 16.3 Å². The second kappa shape index (κ2) is 7.20. The van der Waals surface area contributed by atoms with E-state index >= 15 is 0 Å². The Morgan fingerprint density at radius 2 is 1.85 bits per heavy atom. The Morgan fingerprint density at radius 3 is 2.55 bits per heavy atom. The lowest BCUT2D eigenvalue weighted by atomic mass is 10.1. The van der Waals surface area contributed by atoms with Crippen molar-refractivity contribution in [2.45, 2.75) is 26.8 Å². The third-order valence-corrected chi connectivity index (χ3v) is 3.24. The van der Waals surface area contributed by atoms with Gasteiger partial charge in [0.25, 0.3) is 0 Å². The van der Waals surface area contributed by atoms with Gasteiger partial charge in [-0.2, -0.15) is 0 Å². The minimum atomic E-state index is 0.709. The Balaban J connectivity index is 2.07. The number of rotatable bonds is 6. The molecule has 0 aliphatic heterocycles. The molecule has 0 atom stereocenters. The Labute approximate surface area is 125 Å². The molecule has 0 bridgehead atoms. The van der Waals surface area contributed by atoms with Crippen molar-refractivity contribution in [2.24, 2.45) is 0 Å². The van der Waals surface area contributed by atoms with Crippen LogP contribution in [0.3, 0.4) is 0 Å². The van der Waals surface area contributed by atoms with Gasteiger partial charge in [-0.15, -0.1) is 0 Å². The fraction of sp³-hybridized carbons (Fsp3) is 0.294. The van der Waals surface area contributed by atoms with Crippen LogP contribution in [-0.2, 0) is 6.54 Å². The van der Waals surface area contributed by atoms with E-state index in [-0.39, 0.29) is 0 Å². The molecule has 0 saturated carbocycles. The first-order chi connectivity index (χ1) is 9.69. The van der Waals surface area contributed by atoms with Crippen LogP contribution in [0.2, 0.25) is 5.02 Å². The second-order valence-corrected chi connectivity index (χ2v) is 5.26. The topological polar surface area (TPSA) is 21.3 Å². The largest absolute Gasteiger partial charge is 0.491 e. The van der Waals surface area contributed by atoms with Crippen molar-refractivity contribution in [1.82, 2.24) is 0 Å². The lowest BCUT2D eigenvalue weighted by Gasteiger charge is -2.13. The lowest BCUT2D eigenvalue weighted by molar-refractivity contribution is 0.319. The summed E-state index contributed by atoms with van der Waals surface area (Å²) in [5.41, 5.74) is 3.44. The smallest absolute Gasteiger partial charge is 0.142 e. The Hall–Kier alpha value is -1.67. The number of benzene rings is 2. The zero-order chi connectivity index (χ0) is 14.4. The van der Waals surface area contributed by atoms with Crippen LogP contribution >= 0.6 is 11.6 Å². The first-order valence-corrected chi connectivity index (χ1v) is 7.28. The van der Waals surface area contributed by atoms with E-state index in [1.807, 2.05) is 18.2 Å². The zero-order valence-electron chi connectivity index (χ0n) is 11.9. The molecule has 0 heterocycles. The Morgan fingerprint density at radius 1 is 1.10 bits per heavy atom. The van der Waals surface area contributed by atoms with Crippen molar-refractivity contribution >= 4 is 17.3 Å². The molecule has 0 aliphatic rings. The van der Waals surface area contributed by atoms with Gasteiger partial charge in [0.1, 0.15) is 5.75 Å². The number of hydrogen-bond donors (Lipinski definition) is 1. The summed E-state index contributed by atoms with van der Waals surface area (Å²) in [6.07, 6.45) is 0.986. The van der Waals surface area contributed by atoms with Crippen molar-refractivity contribution < 1.29 is 4.74 Å². The van der Waals surface area contributed by atoms with Gasteiger partial charge in [-0.25, -0.2) is 0 Å². The van der Waals surface area contributed by atoms with Crippen molar-refractivity contribution in [1.29, 1.82) is 0 Å². The summed E-state index contributed by atoms with van der Waals surface area (Å²) in [7, 11) is 0. The van der Waals surface area contributed by atoms with Crippen LogP contribution in [0.15, 0.2) is 42.5 Å². The molecule has 0 radical (unpaired) electrons. The molecule has 0 unspecified atom stereocenters. The molecule has 2 rings (SSSR count). The first-order valence-electron chi connectivity index (χ1n) is 6.91. The van der Waals surface area contributed by atoms with Crippen molar-refractivity contribution in [3.63, 3.8) is 0 Å². The van der Waals surface area contributed by atoms with E-state index in [1.165, 1.54) is 11.1 Å². The molecular weight excluding hydrogens is 270 g/mol. The lowest BCUT2D eigenvalue weighted by Crippen LogP contribution is -2.03. The highest BCUT2D eigenvalue weighted by Gasteiger charge is 2.04. The summed E-state index contributed by atoms with van der Waals surface area (Å²) in [5.74, 6) is 0.850. The summed E-state index contributed by atoms with van der Waals surface area (Å²) >= 11 is 6.06. The van der Waals surface area contributed by atoms with E-state index in [1.54, 1.807) is 0 Å². The second-order valence-electron chi connectivity index (χ2n) is 4.83. The maximum absolute atomic E-state index is 6.06. The van der Waals surface area contributed by atoms with Crippen LogP contribution in [0.1, 0.15) is 24.5 Å². The zero-order valence-corrected chi connectivity index (χ0v) is 12.7. The molecule has 2 nitrogen and oxygen atoms in total. The molecule has 2 aromatic carbocycles. The summed E-state index contributed by atoms with van der Waals surface area (Å²) in [6, 6.07) is 14.1. The van der Waals surface area contributed by atoms with E-state index in [0.717, 1.165) is 24.4 Å².